The van der Waals surface area contributed by atoms with E-state index in [-0.39, 0.29) is 6.54 Å². The summed E-state index contributed by atoms with van der Waals surface area (Å²) >= 11 is 0.631. The van der Waals surface area contributed by atoms with E-state index in [1.807, 2.05) is 0 Å². The highest BCUT2D eigenvalue weighted by Crippen LogP contribution is 2.42. The van der Waals surface area contributed by atoms with Crippen molar-refractivity contribution in [2.75, 3.05) is 0 Å². The number of amides is 1. The Morgan fingerprint density at radius 1 is 1.38 bits per heavy atom. The lowest BCUT2D eigenvalue weighted by molar-refractivity contribution is -0.267. The molecule has 0 saturated heterocycles. The second-order valence-corrected chi connectivity index (χ2v) is 6.09. The van der Waals surface area contributed by atoms with Crippen molar-refractivity contribution in [2.45, 2.75) is 31.7 Å². The Morgan fingerprint density at radius 3 is 2.62 bits per heavy atom. The minimum absolute atomic E-state index is 0.151. The summed E-state index contributed by atoms with van der Waals surface area (Å²) in [5.41, 5.74) is -2.65. The molecule has 0 aliphatic heterocycles. The van der Waals surface area contributed by atoms with E-state index >= 15 is 0 Å². The van der Waals surface area contributed by atoms with Crippen LogP contribution in [0.4, 0.5) is 17.6 Å². The molecule has 0 saturated carbocycles. The smallest absolute Gasteiger partial charge is 0.374 e. The highest BCUT2D eigenvalue weighted by Gasteiger charge is 2.58. The topological polar surface area (TPSA) is 62.2 Å². The molecule has 1 amide bonds. The van der Waals surface area contributed by atoms with Gasteiger partial charge in [0.25, 0.3) is 0 Å². The standard InChI is InChI=1S/C15H14F4N2O2S/c1-9-8-24-13(21-9)14(23,15(17,18)19)6-12(22)20-7-10-3-2-4-11(16)5-10/h2-5,8,23H,6-7H2,1H3,(H,20,22). The summed E-state index contributed by atoms with van der Waals surface area (Å²) in [6, 6.07) is 5.30. The Kier molecular flexibility index (Phi) is 5.24. The lowest BCUT2D eigenvalue weighted by Gasteiger charge is -2.27. The average Bonchev–Trinajstić information content (AvgIpc) is 2.91. The Bertz CT molecular complexity index is 732. The van der Waals surface area contributed by atoms with Crippen molar-refractivity contribution < 1.29 is 27.5 Å². The zero-order chi connectivity index (χ0) is 18.0. The Morgan fingerprint density at radius 2 is 2.08 bits per heavy atom. The van der Waals surface area contributed by atoms with Gasteiger partial charge in [-0.1, -0.05) is 12.1 Å². The number of thiazole rings is 1. The normalized spacial score (nSPS) is 14.2. The Balaban J connectivity index is 2.11. The summed E-state index contributed by atoms with van der Waals surface area (Å²) in [5.74, 6) is -1.54. The first-order valence-electron chi connectivity index (χ1n) is 6.84. The summed E-state index contributed by atoms with van der Waals surface area (Å²) in [6.45, 7) is 1.34. The number of aliphatic hydroxyl groups is 1. The molecule has 0 spiro atoms. The number of halogens is 4. The molecule has 2 aromatic rings. The van der Waals surface area contributed by atoms with Crippen LogP contribution in [0.1, 0.15) is 22.7 Å². The van der Waals surface area contributed by atoms with Crippen molar-refractivity contribution in [1.29, 1.82) is 0 Å². The highest BCUT2D eigenvalue weighted by atomic mass is 32.1. The van der Waals surface area contributed by atoms with Gasteiger partial charge in [0.2, 0.25) is 11.5 Å². The molecular formula is C15H14F4N2O2S. The van der Waals surface area contributed by atoms with Crippen molar-refractivity contribution >= 4 is 17.2 Å². The van der Waals surface area contributed by atoms with Crippen LogP contribution in [0, 0.1) is 12.7 Å². The molecule has 0 aliphatic carbocycles. The number of rotatable bonds is 5. The molecular weight excluding hydrogens is 348 g/mol. The number of carbonyl (C=O) groups excluding carboxylic acids is 1. The summed E-state index contributed by atoms with van der Waals surface area (Å²) in [4.78, 5) is 15.5. The third-order valence-corrected chi connectivity index (χ3v) is 4.35. The predicted molar refractivity (Wildman–Crippen MR) is 79.7 cm³/mol. The lowest BCUT2D eigenvalue weighted by Crippen LogP contribution is -2.46. The van der Waals surface area contributed by atoms with E-state index in [0.717, 1.165) is 6.07 Å². The van der Waals surface area contributed by atoms with E-state index in [1.165, 1.54) is 30.5 Å². The van der Waals surface area contributed by atoms with E-state index in [1.54, 1.807) is 0 Å². The molecule has 130 valence electrons. The fourth-order valence-electron chi connectivity index (χ4n) is 1.98. The highest BCUT2D eigenvalue weighted by molar-refractivity contribution is 7.09. The average molecular weight is 362 g/mol. The van der Waals surface area contributed by atoms with Gasteiger partial charge in [-0.25, -0.2) is 9.37 Å². The summed E-state index contributed by atoms with van der Waals surface area (Å²) < 4.78 is 52.8. The number of nitrogens with one attached hydrogen (secondary N) is 1. The molecule has 1 aromatic carbocycles. The maximum absolute atomic E-state index is 13.3. The van der Waals surface area contributed by atoms with E-state index < -0.39 is 34.9 Å². The van der Waals surface area contributed by atoms with Crippen molar-refractivity contribution in [3.63, 3.8) is 0 Å². The molecule has 1 heterocycles. The number of aryl methyl sites for hydroxylation is 1. The number of alkyl halides is 3. The molecule has 1 unspecified atom stereocenters. The minimum Gasteiger partial charge on any atom is -0.374 e. The van der Waals surface area contributed by atoms with Gasteiger partial charge in [0.1, 0.15) is 10.8 Å². The zero-order valence-corrected chi connectivity index (χ0v) is 13.3. The van der Waals surface area contributed by atoms with Crippen LogP contribution in [0.5, 0.6) is 0 Å². The number of hydrogen-bond acceptors (Lipinski definition) is 4. The van der Waals surface area contributed by atoms with Crippen LogP contribution in [0.15, 0.2) is 29.6 Å². The van der Waals surface area contributed by atoms with Crippen LogP contribution < -0.4 is 5.32 Å². The first kappa shape index (κ1) is 18.3. The third-order valence-electron chi connectivity index (χ3n) is 3.24. The Labute approximate surface area is 139 Å². The van der Waals surface area contributed by atoms with Crippen LogP contribution in [0.2, 0.25) is 0 Å². The predicted octanol–water partition coefficient (Wildman–Crippen LogP) is 3.05. The molecule has 9 heteroatoms. The number of aromatic nitrogens is 1. The van der Waals surface area contributed by atoms with E-state index in [4.69, 9.17) is 0 Å². The van der Waals surface area contributed by atoms with Crippen molar-refractivity contribution in [1.82, 2.24) is 10.3 Å². The fraction of sp³-hybridized carbons (Fsp3) is 0.333. The molecule has 1 aromatic heterocycles. The minimum atomic E-state index is -5.06. The van der Waals surface area contributed by atoms with Crippen molar-refractivity contribution in [3.8, 4) is 0 Å². The van der Waals surface area contributed by atoms with Crippen LogP contribution in [0.3, 0.4) is 0 Å². The second kappa shape index (κ2) is 6.86. The van der Waals surface area contributed by atoms with Gasteiger partial charge in [-0.2, -0.15) is 13.2 Å². The SMILES string of the molecule is Cc1csc(C(O)(CC(=O)NCc2cccc(F)c2)C(F)(F)F)n1. The van der Waals surface area contributed by atoms with Crippen LogP contribution in [0.25, 0.3) is 0 Å². The summed E-state index contributed by atoms with van der Waals surface area (Å²) in [6.07, 6.45) is -6.29. The summed E-state index contributed by atoms with van der Waals surface area (Å²) in [5, 5.41) is 13.1. The molecule has 2 rings (SSSR count). The first-order valence-corrected chi connectivity index (χ1v) is 7.72. The molecule has 0 fully saturated rings. The molecule has 2 N–H and O–H groups in total. The van der Waals surface area contributed by atoms with Gasteiger partial charge in [-0.05, 0) is 24.6 Å². The molecule has 1 atom stereocenters. The number of benzene rings is 1. The molecule has 0 radical (unpaired) electrons. The van der Waals surface area contributed by atoms with E-state index in [2.05, 4.69) is 10.3 Å². The van der Waals surface area contributed by atoms with E-state index in [9.17, 15) is 27.5 Å². The zero-order valence-electron chi connectivity index (χ0n) is 12.5. The Hall–Kier alpha value is -2.00. The quantitative estimate of drug-likeness (QED) is 0.804. The van der Waals surface area contributed by atoms with Gasteiger partial charge in [0.15, 0.2) is 0 Å². The van der Waals surface area contributed by atoms with Crippen LogP contribution in [-0.2, 0) is 16.9 Å². The van der Waals surface area contributed by atoms with Gasteiger partial charge in [-0.15, -0.1) is 11.3 Å². The van der Waals surface area contributed by atoms with Crippen LogP contribution in [-0.4, -0.2) is 22.2 Å². The first-order chi connectivity index (χ1) is 11.1. The van der Waals surface area contributed by atoms with E-state index in [0.29, 0.717) is 22.6 Å². The van der Waals surface area contributed by atoms with Gasteiger partial charge >= 0.3 is 6.18 Å². The van der Waals surface area contributed by atoms with Crippen molar-refractivity contribution in [3.05, 3.63) is 51.7 Å². The van der Waals surface area contributed by atoms with Gasteiger partial charge in [-0.3, -0.25) is 4.79 Å². The third kappa shape index (κ3) is 4.09. The molecule has 4 nitrogen and oxygen atoms in total. The second-order valence-electron chi connectivity index (χ2n) is 5.24. The van der Waals surface area contributed by atoms with Gasteiger partial charge in [0.05, 0.1) is 6.42 Å². The largest absolute Gasteiger partial charge is 0.424 e. The molecule has 0 bridgehead atoms. The van der Waals surface area contributed by atoms with Crippen molar-refractivity contribution in [2.24, 2.45) is 0 Å². The maximum Gasteiger partial charge on any atom is 0.424 e. The molecule has 0 aliphatic rings. The fourth-order valence-corrected chi connectivity index (χ4v) is 2.90. The number of carbonyl (C=O) groups is 1. The maximum atomic E-state index is 13.3. The summed E-state index contributed by atoms with van der Waals surface area (Å²) in [7, 11) is 0. The van der Waals surface area contributed by atoms with Gasteiger partial charge in [0, 0.05) is 17.6 Å². The van der Waals surface area contributed by atoms with Crippen LogP contribution >= 0.6 is 11.3 Å². The monoisotopic (exact) mass is 362 g/mol. The number of nitrogens with zero attached hydrogens (tertiary/aromatic N) is 1. The van der Waals surface area contributed by atoms with Gasteiger partial charge < -0.3 is 10.4 Å². The number of hydrogen-bond donors (Lipinski definition) is 2. The lowest BCUT2D eigenvalue weighted by atomic mass is 9.99. The molecule has 24 heavy (non-hydrogen) atoms.